The van der Waals surface area contributed by atoms with Crippen LogP contribution in [0.1, 0.15) is 46.5 Å². The molecule has 0 radical (unpaired) electrons. The van der Waals surface area contributed by atoms with Crippen LogP contribution in [0.5, 0.6) is 0 Å². The summed E-state index contributed by atoms with van der Waals surface area (Å²) in [4.78, 5) is 25.1. The Kier molecular flexibility index (Phi) is 2.82. The van der Waals surface area contributed by atoms with Crippen molar-refractivity contribution in [2.45, 2.75) is 58.1 Å². The van der Waals surface area contributed by atoms with Crippen molar-refractivity contribution in [3.8, 4) is 0 Å². The van der Waals surface area contributed by atoms with Crippen LogP contribution in [-0.2, 0) is 9.53 Å². The number of carbonyl (C=O) groups is 2. The van der Waals surface area contributed by atoms with Crippen LogP contribution >= 0.6 is 0 Å². The highest BCUT2D eigenvalue weighted by Gasteiger charge is 2.63. The molecular formula is C15H23NO4. The second-order valence-corrected chi connectivity index (χ2v) is 7.76. The number of carboxylic acids is 1. The molecule has 2 bridgehead atoms. The Morgan fingerprint density at radius 2 is 1.85 bits per heavy atom. The van der Waals surface area contributed by atoms with E-state index in [1.54, 1.807) is 20.8 Å². The van der Waals surface area contributed by atoms with Gasteiger partial charge in [-0.05, 0) is 63.7 Å². The molecule has 0 aromatic carbocycles. The Labute approximate surface area is 119 Å². The van der Waals surface area contributed by atoms with Gasteiger partial charge in [0.2, 0.25) is 0 Å². The van der Waals surface area contributed by atoms with Gasteiger partial charge in [-0.2, -0.15) is 0 Å². The normalized spacial score (nSPS) is 39.0. The monoisotopic (exact) mass is 281 g/mol. The zero-order valence-electron chi connectivity index (χ0n) is 12.4. The quantitative estimate of drug-likeness (QED) is 0.844. The number of carboxylic acid groups (broad SMARTS) is 1. The Morgan fingerprint density at radius 3 is 2.25 bits per heavy atom. The van der Waals surface area contributed by atoms with Gasteiger partial charge in [0.15, 0.2) is 0 Å². The third kappa shape index (κ3) is 2.07. The molecule has 20 heavy (non-hydrogen) atoms. The fourth-order valence-electron chi connectivity index (χ4n) is 4.08. The minimum absolute atomic E-state index is 0.334. The molecule has 1 N–H and O–H groups in total. The van der Waals surface area contributed by atoms with Crippen LogP contribution in [-0.4, -0.2) is 40.3 Å². The summed E-state index contributed by atoms with van der Waals surface area (Å²) in [7, 11) is 0. The zero-order valence-corrected chi connectivity index (χ0v) is 12.4. The van der Waals surface area contributed by atoms with Gasteiger partial charge in [-0.15, -0.1) is 0 Å². The average Bonchev–Trinajstić information content (AvgIpc) is 2.54. The molecule has 5 nitrogen and oxygen atoms in total. The van der Waals surface area contributed by atoms with Crippen molar-refractivity contribution >= 4 is 12.1 Å². The molecule has 2 atom stereocenters. The molecule has 3 aliphatic carbocycles. The summed E-state index contributed by atoms with van der Waals surface area (Å²) in [6, 6.07) is -0.719. The molecular weight excluding hydrogens is 258 g/mol. The van der Waals surface area contributed by atoms with E-state index in [1.807, 2.05) is 0 Å². The highest BCUT2D eigenvalue weighted by Crippen LogP contribution is 2.69. The van der Waals surface area contributed by atoms with Crippen molar-refractivity contribution < 1.29 is 19.4 Å². The minimum Gasteiger partial charge on any atom is -0.480 e. The van der Waals surface area contributed by atoms with E-state index in [0.717, 1.165) is 5.92 Å². The highest BCUT2D eigenvalue weighted by molar-refractivity contribution is 5.81. The molecule has 112 valence electrons. The van der Waals surface area contributed by atoms with Gasteiger partial charge in [0.1, 0.15) is 11.6 Å². The summed E-state index contributed by atoms with van der Waals surface area (Å²) < 4.78 is 5.35. The molecule has 4 rings (SSSR count). The first kappa shape index (κ1) is 13.7. The molecule has 1 aliphatic heterocycles. The summed E-state index contributed by atoms with van der Waals surface area (Å²) in [6.07, 6.45) is 3.78. The predicted octanol–water partition coefficient (Wildman–Crippen LogP) is 2.50. The Balaban J connectivity index is 1.71. The number of ether oxygens (including phenoxy) is 1. The minimum atomic E-state index is -0.912. The highest BCUT2D eigenvalue weighted by atomic mass is 16.6. The van der Waals surface area contributed by atoms with Gasteiger partial charge < -0.3 is 9.84 Å². The van der Waals surface area contributed by atoms with Gasteiger partial charge in [0, 0.05) is 6.54 Å². The van der Waals surface area contributed by atoms with E-state index in [-0.39, 0.29) is 0 Å². The van der Waals surface area contributed by atoms with Crippen molar-refractivity contribution in [2.24, 2.45) is 17.3 Å². The standard InChI is InChI=1S/C15H23NO4/c1-14(2,3)20-13(19)16-8-10(4-11(16)12(17)18)15-5-9(6-15)7-15/h9-11H,4-8H2,1-3H3,(H,17,18)/t9?,10-,11+,15?/m1/s1. The van der Waals surface area contributed by atoms with Crippen LogP contribution in [0.4, 0.5) is 4.79 Å². The third-order valence-electron chi connectivity index (χ3n) is 5.17. The van der Waals surface area contributed by atoms with Crippen LogP contribution in [0, 0.1) is 17.3 Å². The zero-order chi connectivity index (χ0) is 14.7. The summed E-state index contributed by atoms with van der Waals surface area (Å²) in [5.74, 6) is 0.292. The van der Waals surface area contributed by atoms with Gasteiger partial charge in [-0.3, -0.25) is 4.90 Å². The molecule has 5 heteroatoms. The lowest BCUT2D eigenvalue weighted by Gasteiger charge is -2.65. The average molecular weight is 281 g/mol. The number of likely N-dealkylation sites (tertiary alicyclic amines) is 1. The number of amides is 1. The lowest BCUT2D eigenvalue weighted by Crippen LogP contribution is -2.56. The molecule has 4 fully saturated rings. The van der Waals surface area contributed by atoms with Crippen LogP contribution in [0.25, 0.3) is 0 Å². The number of hydrogen-bond donors (Lipinski definition) is 1. The van der Waals surface area contributed by atoms with Crippen LogP contribution in [0.15, 0.2) is 0 Å². The van der Waals surface area contributed by atoms with Gasteiger partial charge in [0.05, 0.1) is 0 Å². The molecule has 0 spiro atoms. The van der Waals surface area contributed by atoms with Crippen LogP contribution in [0.3, 0.4) is 0 Å². The molecule has 1 amide bonds. The van der Waals surface area contributed by atoms with E-state index < -0.39 is 23.7 Å². The van der Waals surface area contributed by atoms with Crippen molar-refractivity contribution in [1.82, 2.24) is 4.90 Å². The third-order valence-corrected chi connectivity index (χ3v) is 5.17. The number of rotatable bonds is 2. The van der Waals surface area contributed by atoms with Gasteiger partial charge in [-0.25, -0.2) is 9.59 Å². The summed E-state index contributed by atoms with van der Waals surface area (Å²) in [6.45, 7) is 5.94. The molecule has 1 saturated heterocycles. The first-order valence-electron chi connectivity index (χ1n) is 7.43. The van der Waals surface area contributed by atoms with E-state index in [1.165, 1.54) is 24.2 Å². The van der Waals surface area contributed by atoms with Crippen LogP contribution < -0.4 is 0 Å². The first-order chi connectivity index (χ1) is 9.20. The lowest BCUT2D eigenvalue weighted by molar-refractivity contribution is -0.149. The van der Waals surface area contributed by atoms with E-state index >= 15 is 0 Å². The smallest absolute Gasteiger partial charge is 0.411 e. The predicted molar refractivity (Wildman–Crippen MR) is 72.2 cm³/mol. The SMILES string of the molecule is CC(C)(C)OC(=O)N1C[C@H](C23CC(C2)C3)C[C@H]1C(=O)O. The topological polar surface area (TPSA) is 66.8 Å². The fourth-order valence-corrected chi connectivity index (χ4v) is 4.08. The Morgan fingerprint density at radius 1 is 1.25 bits per heavy atom. The second kappa shape index (κ2) is 4.12. The van der Waals surface area contributed by atoms with Gasteiger partial charge >= 0.3 is 12.1 Å². The molecule has 1 heterocycles. The van der Waals surface area contributed by atoms with E-state index in [9.17, 15) is 14.7 Å². The maximum Gasteiger partial charge on any atom is 0.411 e. The van der Waals surface area contributed by atoms with E-state index in [0.29, 0.717) is 24.3 Å². The Bertz CT molecular complexity index is 436. The van der Waals surface area contributed by atoms with Crippen LogP contribution in [0.2, 0.25) is 0 Å². The van der Waals surface area contributed by atoms with Gasteiger partial charge in [0.25, 0.3) is 0 Å². The van der Waals surface area contributed by atoms with Gasteiger partial charge in [-0.1, -0.05) is 0 Å². The Hall–Kier alpha value is -1.26. The number of aliphatic carboxylic acids is 1. The molecule has 0 aromatic heterocycles. The summed E-state index contributed by atoms with van der Waals surface area (Å²) >= 11 is 0. The summed E-state index contributed by atoms with van der Waals surface area (Å²) in [5.41, 5.74) is -0.246. The summed E-state index contributed by atoms with van der Waals surface area (Å²) in [5, 5.41) is 9.37. The maximum absolute atomic E-state index is 12.2. The van der Waals surface area contributed by atoms with Crippen molar-refractivity contribution in [3.63, 3.8) is 0 Å². The van der Waals surface area contributed by atoms with Crippen molar-refractivity contribution in [1.29, 1.82) is 0 Å². The van der Waals surface area contributed by atoms with E-state index in [4.69, 9.17) is 4.74 Å². The first-order valence-corrected chi connectivity index (χ1v) is 7.43. The molecule has 0 unspecified atom stereocenters. The number of nitrogens with zero attached hydrogens (tertiary/aromatic N) is 1. The second-order valence-electron chi connectivity index (χ2n) is 7.76. The number of carbonyl (C=O) groups excluding carboxylic acids is 1. The fraction of sp³-hybridized carbons (Fsp3) is 0.867. The van der Waals surface area contributed by atoms with E-state index in [2.05, 4.69) is 0 Å². The molecule has 3 saturated carbocycles. The molecule has 0 aromatic rings. The lowest BCUT2D eigenvalue weighted by atomic mass is 9.40. The van der Waals surface area contributed by atoms with Crippen molar-refractivity contribution in [2.75, 3.05) is 6.54 Å². The maximum atomic E-state index is 12.2. The largest absolute Gasteiger partial charge is 0.480 e. The molecule has 4 aliphatic rings. The van der Waals surface area contributed by atoms with Crippen molar-refractivity contribution in [3.05, 3.63) is 0 Å². The number of hydrogen-bond acceptors (Lipinski definition) is 3.